The van der Waals surface area contributed by atoms with Crippen molar-refractivity contribution in [2.45, 2.75) is 5.92 Å². The molecule has 1 rings (SSSR count). The average molecular weight is 217 g/mol. The number of aromatic hydroxyl groups is 1. The molecule has 4 nitrogen and oxygen atoms in total. The second-order valence-corrected chi connectivity index (χ2v) is 2.93. The fourth-order valence-electron chi connectivity index (χ4n) is 1.20. The van der Waals surface area contributed by atoms with Gasteiger partial charge in [-0.2, -0.15) is 4.39 Å². The molecule has 0 saturated carbocycles. The zero-order valence-electron chi connectivity index (χ0n) is 7.58. The highest BCUT2D eigenvalue weighted by Gasteiger charge is 2.24. The van der Waals surface area contributed by atoms with Gasteiger partial charge in [0.1, 0.15) is 0 Å². The van der Waals surface area contributed by atoms with Crippen molar-refractivity contribution < 1.29 is 23.8 Å². The summed E-state index contributed by atoms with van der Waals surface area (Å²) in [6.45, 7) is -0.312. The number of nitrogens with two attached hydrogens (primary N) is 1. The van der Waals surface area contributed by atoms with E-state index in [4.69, 9.17) is 10.8 Å². The fraction of sp³-hybridized carbons (Fsp3) is 0.222. The molecule has 0 amide bonds. The maximum atomic E-state index is 12.9. The molecule has 0 radical (unpaired) electrons. The lowest BCUT2D eigenvalue weighted by atomic mass is 9.98. The molecular weight excluding hydrogens is 208 g/mol. The highest BCUT2D eigenvalue weighted by atomic mass is 19.2. The van der Waals surface area contributed by atoms with Gasteiger partial charge < -0.3 is 15.9 Å². The number of carboxylic acids is 1. The van der Waals surface area contributed by atoms with Gasteiger partial charge in [-0.25, -0.2) is 4.39 Å². The minimum absolute atomic E-state index is 0.232. The number of hydrogen-bond donors (Lipinski definition) is 3. The SMILES string of the molecule is NCC(C(=O)O)c1ccc(F)c(F)c1O. The van der Waals surface area contributed by atoms with Gasteiger partial charge in [-0.3, -0.25) is 4.79 Å². The Labute approximate surface area is 83.9 Å². The third-order valence-corrected chi connectivity index (χ3v) is 2.01. The van der Waals surface area contributed by atoms with E-state index in [-0.39, 0.29) is 12.1 Å². The zero-order chi connectivity index (χ0) is 11.6. The Morgan fingerprint density at radius 2 is 2.07 bits per heavy atom. The molecule has 0 saturated heterocycles. The van der Waals surface area contributed by atoms with Crippen LogP contribution in [0.3, 0.4) is 0 Å². The number of benzene rings is 1. The molecule has 82 valence electrons. The number of carbonyl (C=O) groups is 1. The number of phenolic OH excluding ortho intramolecular Hbond substituents is 1. The predicted octanol–water partition coefficient (Wildman–Crippen LogP) is 0.797. The summed E-state index contributed by atoms with van der Waals surface area (Å²) < 4.78 is 25.5. The molecule has 6 heteroatoms. The number of halogens is 2. The van der Waals surface area contributed by atoms with Crippen molar-refractivity contribution in [1.82, 2.24) is 0 Å². The summed E-state index contributed by atoms with van der Waals surface area (Å²) in [6, 6.07) is 1.75. The van der Waals surface area contributed by atoms with Crippen molar-refractivity contribution in [1.29, 1.82) is 0 Å². The molecule has 1 unspecified atom stereocenters. The molecule has 0 aliphatic carbocycles. The summed E-state index contributed by atoms with van der Waals surface area (Å²) in [5, 5.41) is 17.9. The van der Waals surface area contributed by atoms with Gasteiger partial charge in [-0.15, -0.1) is 0 Å². The van der Waals surface area contributed by atoms with E-state index in [9.17, 15) is 18.7 Å². The summed E-state index contributed by atoms with van der Waals surface area (Å²) in [4.78, 5) is 10.7. The smallest absolute Gasteiger partial charge is 0.312 e. The van der Waals surface area contributed by atoms with Gasteiger partial charge in [0.25, 0.3) is 0 Å². The van der Waals surface area contributed by atoms with Crippen LogP contribution in [0.15, 0.2) is 12.1 Å². The van der Waals surface area contributed by atoms with Crippen LogP contribution < -0.4 is 5.73 Å². The molecule has 1 aromatic rings. The summed E-state index contributed by atoms with van der Waals surface area (Å²) in [5.74, 6) is -6.27. The topological polar surface area (TPSA) is 83.6 Å². The molecule has 0 bridgehead atoms. The quantitative estimate of drug-likeness (QED) is 0.699. The van der Waals surface area contributed by atoms with Gasteiger partial charge in [-0.1, -0.05) is 6.07 Å². The number of carboxylic acid groups (broad SMARTS) is 1. The van der Waals surface area contributed by atoms with Crippen LogP contribution in [0, 0.1) is 11.6 Å². The van der Waals surface area contributed by atoms with Crippen molar-refractivity contribution >= 4 is 5.97 Å². The second-order valence-electron chi connectivity index (χ2n) is 2.93. The van der Waals surface area contributed by atoms with Crippen molar-refractivity contribution in [3.63, 3.8) is 0 Å². The van der Waals surface area contributed by atoms with E-state index in [1.54, 1.807) is 0 Å². The maximum Gasteiger partial charge on any atom is 0.312 e. The lowest BCUT2D eigenvalue weighted by Crippen LogP contribution is -2.21. The maximum absolute atomic E-state index is 12.9. The highest BCUT2D eigenvalue weighted by molar-refractivity contribution is 5.77. The Hall–Kier alpha value is -1.69. The predicted molar refractivity (Wildman–Crippen MR) is 47.5 cm³/mol. The van der Waals surface area contributed by atoms with E-state index in [0.717, 1.165) is 12.1 Å². The Kier molecular flexibility index (Phi) is 3.21. The van der Waals surface area contributed by atoms with Gasteiger partial charge in [0, 0.05) is 12.1 Å². The van der Waals surface area contributed by atoms with E-state index >= 15 is 0 Å². The molecule has 15 heavy (non-hydrogen) atoms. The van der Waals surface area contributed by atoms with Crippen molar-refractivity contribution in [2.75, 3.05) is 6.54 Å². The largest absolute Gasteiger partial charge is 0.505 e. The molecule has 1 aromatic carbocycles. The minimum Gasteiger partial charge on any atom is -0.505 e. The van der Waals surface area contributed by atoms with E-state index in [1.807, 2.05) is 0 Å². The molecular formula is C9H9F2NO3. The third kappa shape index (κ3) is 2.04. The first-order valence-corrected chi connectivity index (χ1v) is 4.08. The average Bonchev–Trinajstić information content (AvgIpc) is 2.18. The van der Waals surface area contributed by atoms with E-state index in [0.29, 0.717) is 0 Å². The van der Waals surface area contributed by atoms with Gasteiger partial charge in [-0.05, 0) is 6.07 Å². The first-order chi connectivity index (χ1) is 6.99. The molecule has 0 spiro atoms. The zero-order valence-corrected chi connectivity index (χ0v) is 7.58. The normalized spacial score (nSPS) is 12.5. The van der Waals surface area contributed by atoms with Crippen LogP contribution >= 0.6 is 0 Å². The van der Waals surface area contributed by atoms with Crippen LogP contribution in [-0.2, 0) is 4.79 Å². The van der Waals surface area contributed by atoms with Crippen LogP contribution in [0.25, 0.3) is 0 Å². The van der Waals surface area contributed by atoms with Crippen LogP contribution in [-0.4, -0.2) is 22.7 Å². The summed E-state index contributed by atoms with van der Waals surface area (Å²) >= 11 is 0. The van der Waals surface area contributed by atoms with E-state index in [1.165, 1.54) is 0 Å². The fourth-order valence-corrected chi connectivity index (χ4v) is 1.20. The van der Waals surface area contributed by atoms with E-state index < -0.39 is 29.3 Å². The Balaban J connectivity index is 3.25. The van der Waals surface area contributed by atoms with Crippen LogP contribution in [0.1, 0.15) is 11.5 Å². The van der Waals surface area contributed by atoms with E-state index in [2.05, 4.69) is 0 Å². The molecule has 0 aliphatic heterocycles. The third-order valence-electron chi connectivity index (χ3n) is 2.01. The second kappa shape index (κ2) is 4.22. The van der Waals surface area contributed by atoms with Crippen molar-refractivity contribution in [3.05, 3.63) is 29.3 Å². The molecule has 0 fully saturated rings. The molecule has 0 heterocycles. The standard InChI is InChI=1S/C9H9F2NO3/c10-6-2-1-4(8(13)7(6)11)5(3-12)9(14)15/h1-2,5,13H,3,12H2,(H,14,15). The molecule has 0 aromatic heterocycles. The van der Waals surface area contributed by atoms with Crippen molar-refractivity contribution in [3.8, 4) is 5.75 Å². The number of phenols is 1. The Morgan fingerprint density at radius 3 is 2.53 bits per heavy atom. The van der Waals surface area contributed by atoms with Gasteiger partial charge >= 0.3 is 5.97 Å². The number of hydrogen-bond acceptors (Lipinski definition) is 3. The van der Waals surface area contributed by atoms with Gasteiger partial charge in [0.05, 0.1) is 5.92 Å². The molecule has 0 aliphatic rings. The summed E-state index contributed by atoms with van der Waals surface area (Å²) in [5.41, 5.74) is 4.92. The van der Waals surface area contributed by atoms with Crippen LogP contribution in [0.5, 0.6) is 5.75 Å². The summed E-state index contributed by atoms with van der Waals surface area (Å²) in [7, 11) is 0. The molecule has 1 atom stereocenters. The van der Waals surface area contributed by atoms with Gasteiger partial charge in [0.2, 0.25) is 5.82 Å². The van der Waals surface area contributed by atoms with Gasteiger partial charge in [0.15, 0.2) is 11.6 Å². The monoisotopic (exact) mass is 217 g/mol. The molecule has 4 N–H and O–H groups in total. The van der Waals surface area contributed by atoms with Crippen LogP contribution in [0.4, 0.5) is 8.78 Å². The highest BCUT2D eigenvalue weighted by Crippen LogP contribution is 2.29. The first-order valence-electron chi connectivity index (χ1n) is 4.08. The van der Waals surface area contributed by atoms with Crippen LogP contribution in [0.2, 0.25) is 0 Å². The first kappa shape index (κ1) is 11.4. The minimum atomic E-state index is -1.47. The lowest BCUT2D eigenvalue weighted by molar-refractivity contribution is -0.138. The number of aliphatic carboxylic acids is 1. The lowest BCUT2D eigenvalue weighted by Gasteiger charge is -2.12. The number of rotatable bonds is 3. The Bertz CT molecular complexity index is 395. The Morgan fingerprint density at radius 1 is 1.47 bits per heavy atom. The summed E-state index contributed by atoms with van der Waals surface area (Å²) in [6.07, 6.45) is 0. The van der Waals surface area contributed by atoms with Crippen molar-refractivity contribution in [2.24, 2.45) is 5.73 Å².